The van der Waals surface area contributed by atoms with Gasteiger partial charge in [0.2, 0.25) is 0 Å². The van der Waals surface area contributed by atoms with Gasteiger partial charge in [-0.15, -0.1) is 0 Å². The van der Waals surface area contributed by atoms with Crippen molar-refractivity contribution in [2.24, 2.45) is 0 Å². The molecule has 106 valence electrons. The summed E-state index contributed by atoms with van der Waals surface area (Å²) < 4.78 is 13.6. The molecule has 4 nitrogen and oxygen atoms in total. The summed E-state index contributed by atoms with van der Waals surface area (Å²) in [6.45, 7) is 5.11. The van der Waals surface area contributed by atoms with Gasteiger partial charge in [0.25, 0.3) is 0 Å². The first-order valence-corrected chi connectivity index (χ1v) is 11.0. The Morgan fingerprint density at radius 2 is 1.89 bits per heavy atom. The van der Waals surface area contributed by atoms with Crippen molar-refractivity contribution in [2.45, 2.75) is 13.8 Å². The third kappa shape index (κ3) is 7.34. The van der Waals surface area contributed by atoms with Gasteiger partial charge in [-0.1, -0.05) is 0 Å². The molecule has 1 rings (SSSR count). The summed E-state index contributed by atoms with van der Waals surface area (Å²) in [5.41, 5.74) is 0.654. The Morgan fingerprint density at radius 3 is 2.47 bits per heavy atom. The Bertz CT molecular complexity index is 510. The number of carbonyl (C=O) groups excluding carboxylic acids is 1. The minimum atomic E-state index is -0.521. The fourth-order valence-corrected chi connectivity index (χ4v) is 7.36. The number of hydrogen-bond acceptors (Lipinski definition) is 4. The van der Waals surface area contributed by atoms with E-state index >= 15 is 0 Å². The van der Waals surface area contributed by atoms with E-state index in [0.29, 0.717) is 18.8 Å². The van der Waals surface area contributed by atoms with E-state index in [1.165, 1.54) is 20.8 Å². The second-order valence-electron chi connectivity index (χ2n) is 3.06. The van der Waals surface area contributed by atoms with Gasteiger partial charge in [0, 0.05) is 0 Å². The van der Waals surface area contributed by atoms with Crippen LogP contribution in [0.5, 0.6) is 0 Å². The summed E-state index contributed by atoms with van der Waals surface area (Å²) in [5.74, 6) is 0.853. The summed E-state index contributed by atoms with van der Waals surface area (Å²) in [7, 11) is 2.25. The number of hydrogen-bond donors (Lipinski definition) is 1. The molecule has 0 saturated heterocycles. The zero-order valence-electron chi connectivity index (χ0n) is 10.7. The fourth-order valence-electron chi connectivity index (χ4n) is 1.02. The van der Waals surface area contributed by atoms with Crippen molar-refractivity contribution in [3.63, 3.8) is 0 Å². The summed E-state index contributed by atoms with van der Waals surface area (Å²) >= 11 is 0. The third-order valence-corrected chi connectivity index (χ3v) is 8.75. The number of benzene rings is 1. The van der Waals surface area contributed by atoms with Gasteiger partial charge in [0.15, 0.2) is 0 Å². The number of amides is 1. The Morgan fingerprint density at radius 1 is 1.26 bits per heavy atom. The van der Waals surface area contributed by atoms with E-state index in [2.05, 4.69) is 4.72 Å². The first-order valence-electron chi connectivity index (χ1n) is 5.68. The second kappa shape index (κ2) is 10.7. The molecule has 0 atom stereocenters. The van der Waals surface area contributed by atoms with E-state index in [-0.39, 0.29) is 5.91 Å². The van der Waals surface area contributed by atoms with Crippen molar-refractivity contribution in [3.05, 3.63) is 35.9 Å². The van der Waals surface area contributed by atoms with Crippen LogP contribution in [0.2, 0.25) is 0 Å². The van der Waals surface area contributed by atoms with Gasteiger partial charge in [-0.25, -0.2) is 0 Å². The average Bonchev–Trinajstić information content (AvgIpc) is 2.44. The molecular weight excluding hydrogens is 321 g/mol. The monoisotopic (exact) mass is 337 g/mol. The standard InChI is InChI=1S/C11H16NO3PS3/c1-3-14-19(15-4-2)16-18-17-12-11(13)10-8-6-5-7-9-10/h5-9H,3-4H2,1-2H3,(H,12,13). The van der Waals surface area contributed by atoms with Crippen molar-refractivity contribution in [3.8, 4) is 0 Å². The maximum absolute atomic E-state index is 11.7. The van der Waals surface area contributed by atoms with Crippen LogP contribution in [0, 0.1) is 0 Å². The molecule has 0 aliphatic heterocycles. The van der Waals surface area contributed by atoms with Gasteiger partial charge in [0.05, 0.1) is 0 Å². The minimum absolute atomic E-state index is 0.0963. The van der Waals surface area contributed by atoms with E-state index in [1.54, 1.807) is 12.1 Å². The Balaban J connectivity index is 2.53. The van der Waals surface area contributed by atoms with Crippen LogP contribution in [0.25, 0.3) is 0 Å². The Kier molecular flexibility index (Phi) is 9.59. The van der Waals surface area contributed by atoms with Crippen LogP contribution < -0.4 is 4.72 Å². The number of nitrogens with one attached hydrogen (secondary N) is 1. The van der Waals surface area contributed by atoms with Crippen LogP contribution in [0.15, 0.2) is 30.3 Å². The van der Waals surface area contributed by atoms with Crippen LogP contribution in [0.4, 0.5) is 0 Å². The Labute approximate surface area is 124 Å². The zero-order valence-corrected chi connectivity index (χ0v) is 14.0. The van der Waals surface area contributed by atoms with Crippen LogP contribution in [-0.2, 0) is 19.0 Å². The van der Waals surface area contributed by atoms with E-state index in [0.717, 1.165) is 5.93 Å². The number of carbonyl (C=O) groups is 1. The molecule has 0 heterocycles. The summed E-state index contributed by atoms with van der Waals surface area (Å²) in [6.07, 6.45) is 0. The SMILES string of the molecule is CCOS(OCC)=P#SSNC(=O)c1ccccc1. The quantitative estimate of drug-likeness (QED) is 0.484. The van der Waals surface area contributed by atoms with Crippen LogP contribution >= 0.6 is 26.7 Å². The van der Waals surface area contributed by atoms with Crippen LogP contribution in [0.3, 0.4) is 0 Å². The van der Waals surface area contributed by atoms with E-state index in [1.807, 2.05) is 32.0 Å². The topological polar surface area (TPSA) is 47.6 Å². The van der Waals surface area contributed by atoms with Gasteiger partial charge >= 0.3 is 124 Å². The molecule has 19 heavy (non-hydrogen) atoms. The first kappa shape index (κ1) is 17.0. The molecule has 0 bridgehead atoms. The van der Waals surface area contributed by atoms with Gasteiger partial charge in [-0.2, -0.15) is 0 Å². The zero-order chi connectivity index (χ0) is 13.9. The summed E-state index contributed by atoms with van der Waals surface area (Å²) in [6, 6.07) is 9.12. The average molecular weight is 337 g/mol. The summed E-state index contributed by atoms with van der Waals surface area (Å²) in [4.78, 5) is 11.7. The molecule has 0 aliphatic carbocycles. The molecule has 0 aliphatic rings. The van der Waals surface area contributed by atoms with Crippen molar-refractivity contribution in [2.75, 3.05) is 13.2 Å². The molecule has 8 heteroatoms. The maximum atomic E-state index is 11.7. The number of rotatable bonds is 6. The van der Waals surface area contributed by atoms with Gasteiger partial charge < -0.3 is 0 Å². The molecule has 0 aromatic heterocycles. The molecular formula is C11H16NO3PS3. The molecule has 0 radical (unpaired) electrons. The van der Waals surface area contributed by atoms with Crippen molar-refractivity contribution in [1.29, 1.82) is 0 Å². The first-order chi connectivity index (χ1) is 9.27. The van der Waals surface area contributed by atoms with Crippen LogP contribution in [-0.4, -0.2) is 19.1 Å². The molecule has 1 amide bonds. The third-order valence-electron chi connectivity index (χ3n) is 1.74. The predicted molar refractivity (Wildman–Crippen MR) is 86.6 cm³/mol. The molecule has 0 fully saturated rings. The van der Waals surface area contributed by atoms with Crippen molar-refractivity contribution < 1.29 is 13.2 Å². The molecule has 1 N–H and O–H groups in total. The van der Waals surface area contributed by atoms with Crippen LogP contribution in [0.1, 0.15) is 24.2 Å². The molecule has 1 aromatic rings. The predicted octanol–water partition coefficient (Wildman–Crippen LogP) is 4.01. The van der Waals surface area contributed by atoms with E-state index in [9.17, 15) is 4.79 Å². The van der Waals surface area contributed by atoms with E-state index in [4.69, 9.17) is 8.37 Å². The second-order valence-corrected chi connectivity index (χ2v) is 9.61. The molecule has 0 unspecified atom stereocenters. The van der Waals surface area contributed by atoms with Crippen molar-refractivity contribution >= 4 is 43.2 Å². The molecule has 0 spiro atoms. The molecule has 0 saturated carbocycles. The summed E-state index contributed by atoms with van der Waals surface area (Å²) in [5, 5.41) is 0. The molecule has 1 aromatic carbocycles. The van der Waals surface area contributed by atoms with E-state index < -0.39 is 10.6 Å². The fraction of sp³-hybridized carbons (Fsp3) is 0.364. The Hall–Kier alpha value is -0.0400. The van der Waals surface area contributed by atoms with Gasteiger partial charge in [-0.3, -0.25) is 0 Å². The van der Waals surface area contributed by atoms with Gasteiger partial charge in [0.1, 0.15) is 0 Å². The van der Waals surface area contributed by atoms with Crippen molar-refractivity contribution in [1.82, 2.24) is 4.72 Å². The normalized spacial score (nSPS) is 10.3. The van der Waals surface area contributed by atoms with Gasteiger partial charge in [-0.05, 0) is 0 Å².